The zero-order valence-corrected chi connectivity index (χ0v) is 16.6. The van der Waals surface area contributed by atoms with Gasteiger partial charge in [0.1, 0.15) is 5.69 Å². The van der Waals surface area contributed by atoms with Gasteiger partial charge in [0, 0.05) is 22.0 Å². The van der Waals surface area contributed by atoms with Crippen molar-refractivity contribution in [1.82, 2.24) is 10.2 Å². The Hall–Kier alpha value is -3.50. The van der Waals surface area contributed by atoms with Gasteiger partial charge in [-0.3, -0.25) is 0 Å². The topological polar surface area (TPSA) is 98.0 Å². The summed E-state index contributed by atoms with van der Waals surface area (Å²) in [6.07, 6.45) is -4.42. The van der Waals surface area contributed by atoms with Crippen molar-refractivity contribution in [3.05, 3.63) is 78.4 Å². The number of rotatable bonds is 4. The number of aromatic nitrogens is 2. The lowest BCUT2D eigenvalue weighted by molar-refractivity contribution is -0.137. The molecule has 3 N–H and O–H groups in total. The molecule has 3 aromatic carbocycles. The predicted octanol–water partition coefficient (Wildman–Crippen LogP) is 4.71. The van der Waals surface area contributed by atoms with Crippen molar-refractivity contribution in [2.24, 2.45) is 5.14 Å². The molecule has 0 fully saturated rings. The summed E-state index contributed by atoms with van der Waals surface area (Å²) in [7, 11) is -3.80. The summed E-state index contributed by atoms with van der Waals surface area (Å²) in [5.41, 5.74) is 0.768. The second kappa shape index (κ2) is 7.64. The zero-order chi connectivity index (χ0) is 22.2. The molecule has 10 heteroatoms. The van der Waals surface area contributed by atoms with Crippen LogP contribution in [0.15, 0.2) is 77.7 Å². The maximum Gasteiger partial charge on any atom is 0.416 e. The van der Waals surface area contributed by atoms with Gasteiger partial charge >= 0.3 is 6.18 Å². The van der Waals surface area contributed by atoms with E-state index in [2.05, 4.69) is 15.5 Å². The molecule has 6 nitrogen and oxygen atoms in total. The molecule has 0 spiro atoms. The van der Waals surface area contributed by atoms with Crippen LogP contribution in [0.4, 0.5) is 24.7 Å². The van der Waals surface area contributed by atoms with Gasteiger partial charge in [-0.1, -0.05) is 36.4 Å². The average molecular weight is 444 g/mol. The van der Waals surface area contributed by atoms with Gasteiger partial charge in [-0.05, 0) is 36.4 Å². The number of nitrogens with one attached hydrogen (secondary N) is 1. The molecule has 0 aliphatic rings. The molecule has 31 heavy (non-hydrogen) atoms. The minimum absolute atomic E-state index is 0.0216. The van der Waals surface area contributed by atoms with Crippen LogP contribution in [0.5, 0.6) is 0 Å². The minimum atomic E-state index is -4.42. The third-order valence-corrected chi connectivity index (χ3v) is 5.55. The van der Waals surface area contributed by atoms with Crippen LogP contribution in [0, 0.1) is 0 Å². The molecule has 0 aliphatic heterocycles. The average Bonchev–Trinajstić information content (AvgIpc) is 2.73. The minimum Gasteiger partial charge on any atom is -0.338 e. The van der Waals surface area contributed by atoms with Crippen molar-refractivity contribution in [2.75, 3.05) is 5.32 Å². The second-order valence-corrected chi connectivity index (χ2v) is 8.27. The number of halogens is 3. The van der Waals surface area contributed by atoms with Crippen LogP contribution in [-0.2, 0) is 16.2 Å². The van der Waals surface area contributed by atoms with Gasteiger partial charge in [0.25, 0.3) is 0 Å². The van der Waals surface area contributed by atoms with Crippen LogP contribution in [0.1, 0.15) is 5.56 Å². The predicted molar refractivity (Wildman–Crippen MR) is 111 cm³/mol. The van der Waals surface area contributed by atoms with Gasteiger partial charge in [0.15, 0.2) is 5.82 Å². The van der Waals surface area contributed by atoms with E-state index in [1.165, 1.54) is 24.3 Å². The molecule has 0 aliphatic carbocycles. The summed E-state index contributed by atoms with van der Waals surface area (Å²) in [5, 5.41) is 18.0. The van der Waals surface area contributed by atoms with E-state index in [4.69, 9.17) is 5.14 Å². The molecule has 1 heterocycles. The van der Waals surface area contributed by atoms with Crippen molar-refractivity contribution in [1.29, 1.82) is 0 Å². The molecule has 0 atom stereocenters. The lowest BCUT2D eigenvalue weighted by atomic mass is 10.0. The summed E-state index contributed by atoms with van der Waals surface area (Å²) < 4.78 is 61.3. The number of nitrogens with zero attached hydrogens (tertiary/aromatic N) is 2. The highest BCUT2D eigenvalue weighted by Crippen LogP contribution is 2.34. The fourth-order valence-corrected chi connectivity index (χ4v) is 3.61. The molecular formula is C21H15F3N4O2S. The Morgan fingerprint density at radius 2 is 1.42 bits per heavy atom. The largest absolute Gasteiger partial charge is 0.416 e. The smallest absolute Gasteiger partial charge is 0.338 e. The standard InChI is InChI=1S/C21H15F3N4O2S/c22-21(23,24)14-7-5-13(6-8-14)19-17-3-1-2-4-18(17)20(28-27-19)26-15-9-11-16(12-10-15)31(25,29)30/h1-12H,(H,26,28)(H2,25,29,30). The molecule has 158 valence electrons. The summed E-state index contributed by atoms with van der Waals surface area (Å²) in [6, 6.07) is 17.7. The molecule has 0 radical (unpaired) electrons. The molecule has 0 unspecified atom stereocenters. The van der Waals surface area contributed by atoms with Crippen molar-refractivity contribution in [2.45, 2.75) is 11.1 Å². The molecule has 0 saturated carbocycles. The lowest BCUT2D eigenvalue weighted by Gasteiger charge is -2.12. The van der Waals surface area contributed by atoms with Gasteiger partial charge in [0.2, 0.25) is 10.0 Å². The third kappa shape index (κ3) is 4.35. The molecule has 4 aromatic rings. The number of anilines is 2. The fraction of sp³-hybridized carbons (Fsp3) is 0.0476. The van der Waals surface area contributed by atoms with E-state index in [1.54, 1.807) is 36.4 Å². The maximum absolute atomic E-state index is 12.8. The SMILES string of the molecule is NS(=O)(=O)c1ccc(Nc2nnc(-c3ccc(C(F)(F)F)cc3)c3ccccc23)cc1. The Labute approximate surface area is 175 Å². The van der Waals surface area contributed by atoms with Gasteiger partial charge in [-0.15, -0.1) is 10.2 Å². The van der Waals surface area contributed by atoms with E-state index in [-0.39, 0.29) is 4.90 Å². The summed E-state index contributed by atoms with van der Waals surface area (Å²) in [6.45, 7) is 0. The van der Waals surface area contributed by atoms with Crippen LogP contribution in [0.2, 0.25) is 0 Å². The first kappa shape index (κ1) is 20.8. The first-order valence-corrected chi connectivity index (χ1v) is 10.5. The summed E-state index contributed by atoms with van der Waals surface area (Å²) >= 11 is 0. The quantitative estimate of drug-likeness (QED) is 0.475. The zero-order valence-electron chi connectivity index (χ0n) is 15.8. The molecule has 1 aromatic heterocycles. The van der Waals surface area contributed by atoms with E-state index < -0.39 is 21.8 Å². The Balaban J connectivity index is 1.72. The van der Waals surface area contributed by atoms with Crippen molar-refractivity contribution in [3.63, 3.8) is 0 Å². The van der Waals surface area contributed by atoms with Gasteiger partial charge < -0.3 is 5.32 Å². The second-order valence-electron chi connectivity index (χ2n) is 6.71. The number of primary sulfonamides is 1. The number of hydrogen-bond acceptors (Lipinski definition) is 5. The Kier molecular flexibility index (Phi) is 5.11. The Bertz CT molecular complexity index is 1350. The van der Waals surface area contributed by atoms with Crippen molar-refractivity contribution in [3.8, 4) is 11.3 Å². The van der Waals surface area contributed by atoms with Gasteiger partial charge in [-0.25, -0.2) is 13.6 Å². The van der Waals surface area contributed by atoms with Gasteiger partial charge in [0.05, 0.1) is 10.5 Å². The number of sulfonamides is 1. The number of benzene rings is 3. The van der Waals surface area contributed by atoms with E-state index in [9.17, 15) is 21.6 Å². The molecule has 4 rings (SSSR count). The Morgan fingerprint density at radius 1 is 0.806 bits per heavy atom. The first-order valence-electron chi connectivity index (χ1n) is 8.96. The van der Waals surface area contributed by atoms with Crippen LogP contribution in [0.3, 0.4) is 0 Å². The van der Waals surface area contributed by atoms with E-state index in [0.717, 1.165) is 12.1 Å². The van der Waals surface area contributed by atoms with Crippen molar-refractivity contribution < 1.29 is 21.6 Å². The van der Waals surface area contributed by atoms with Crippen LogP contribution in [0.25, 0.3) is 22.0 Å². The molecule has 0 bridgehead atoms. The number of fused-ring (bicyclic) bond motifs is 1. The number of hydrogen-bond donors (Lipinski definition) is 2. The molecule has 0 saturated heterocycles. The van der Waals surface area contributed by atoms with Crippen LogP contribution in [-0.4, -0.2) is 18.6 Å². The third-order valence-electron chi connectivity index (χ3n) is 4.62. The number of nitrogens with two attached hydrogens (primary N) is 1. The lowest BCUT2D eigenvalue weighted by Crippen LogP contribution is -2.11. The fourth-order valence-electron chi connectivity index (χ4n) is 3.09. The van der Waals surface area contributed by atoms with E-state index >= 15 is 0 Å². The highest BCUT2D eigenvalue weighted by molar-refractivity contribution is 7.89. The maximum atomic E-state index is 12.8. The first-order chi connectivity index (χ1) is 14.6. The highest BCUT2D eigenvalue weighted by atomic mass is 32.2. The van der Waals surface area contributed by atoms with E-state index in [1.807, 2.05) is 0 Å². The van der Waals surface area contributed by atoms with Crippen LogP contribution < -0.4 is 10.5 Å². The summed E-state index contributed by atoms with van der Waals surface area (Å²) in [4.78, 5) is -0.0216. The normalized spacial score (nSPS) is 12.1. The molecule has 0 amide bonds. The van der Waals surface area contributed by atoms with Crippen LogP contribution >= 0.6 is 0 Å². The van der Waals surface area contributed by atoms with Crippen molar-refractivity contribution >= 4 is 32.3 Å². The monoisotopic (exact) mass is 444 g/mol. The highest BCUT2D eigenvalue weighted by Gasteiger charge is 2.30. The molecular weight excluding hydrogens is 429 g/mol. The van der Waals surface area contributed by atoms with Gasteiger partial charge in [-0.2, -0.15) is 13.2 Å². The van der Waals surface area contributed by atoms with E-state index in [0.29, 0.717) is 33.5 Å². The Morgan fingerprint density at radius 3 is 2.00 bits per heavy atom. The summed E-state index contributed by atoms with van der Waals surface area (Å²) in [5.74, 6) is 0.412. The number of alkyl halides is 3.